The Bertz CT molecular complexity index is 1400. The molecule has 440 valence electrons. The molecule has 0 saturated heterocycles. The van der Waals surface area contributed by atoms with Crippen LogP contribution in [-0.2, 0) is 28.6 Å². The van der Waals surface area contributed by atoms with Crippen molar-refractivity contribution in [2.24, 2.45) is 0 Å². The minimum atomic E-state index is -0.773. The molecule has 0 saturated carbocycles. The van der Waals surface area contributed by atoms with Crippen LogP contribution in [0, 0.1) is 0 Å². The summed E-state index contributed by atoms with van der Waals surface area (Å²) in [4.78, 5) is 38.1. The van der Waals surface area contributed by atoms with Crippen molar-refractivity contribution in [3.8, 4) is 0 Å². The number of carbonyl (C=O) groups excluding carboxylic acids is 3. The van der Waals surface area contributed by atoms with E-state index >= 15 is 0 Å². The van der Waals surface area contributed by atoms with E-state index in [1.807, 2.05) is 0 Å². The molecule has 0 aromatic heterocycles. The summed E-state index contributed by atoms with van der Waals surface area (Å²) >= 11 is 0. The molecule has 76 heavy (non-hydrogen) atoms. The van der Waals surface area contributed by atoms with Crippen molar-refractivity contribution in [1.29, 1.82) is 0 Å². The molecule has 0 aliphatic rings. The fourth-order valence-corrected chi connectivity index (χ4v) is 9.53. The second-order valence-corrected chi connectivity index (χ2v) is 22.0. The van der Waals surface area contributed by atoms with Crippen molar-refractivity contribution in [3.05, 3.63) is 72.9 Å². The number of hydrogen-bond acceptors (Lipinski definition) is 6. The van der Waals surface area contributed by atoms with E-state index < -0.39 is 6.10 Å². The third-order valence-electron chi connectivity index (χ3n) is 14.4. The Labute approximate surface area is 472 Å². The first-order chi connectivity index (χ1) is 37.5. The normalized spacial score (nSPS) is 12.5. The van der Waals surface area contributed by atoms with E-state index in [1.54, 1.807) is 0 Å². The van der Waals surface area contributed by atoms with Crippen LogP contribution in [0.4, 0.5) is 0 Å². The van der Waals surface area contributed by atoms with Gasteiger partial charge in [0.15, 0.2) is 6.10 Å². The van der Waals surface area contributed by atoms with E-state index in [-0.39, 0.29) is 31.1 Å². The Hall–Kier alpha value is -3.15. The molecule has 0 spiro atoms. The number of carbonyl (C=O) groups is 3. The Morgan fingerprint density at radius 2 is 0.513 bits per heavy atom. The molecule has 6 nitrogen and oxygen atoms in total. The van der Waals surface area contributed by atoms with Gasteiger partial charge in [-0.2, -0.15) is 0 Å². The van der Waals surface area contributed by atoms with Gasteiger partial charge in [-0.05, 0) is 89.9 Å². The van der Waals surface area contributed by atoms with Gasteiger partial charge in [-0.3, -0.25) is 14.4 Å². The van der Waals surface area contributed by atoms with Gasteiger partial charge in [0.1, 0.15) is 13.2 Å². The molecule has 1 unspecified atom stereocenters. The molecule has 0 fully saturated rings. The summed E-state index contributed by atoms with van der Waals surface area (Å²) in [6.45, 7) is 6.51. The molecule has 0 aromatic carbocycles. The highest BCUT2D eigenvalue weighted by Crippen LogP contribution is 2.17. The number of allylic oxidation sites excluding steroid dienone is 12. The molecular weight excluding hydrogens is 937 g/mol. The highest BCUT2D eigenvalue weighted by atomic mass is 16.6. The first-order valence-electron chi connectivity index (χ1n) is 32.9. The molecule has 0 radical (unpaired) electrons. The van der Waals surface area contributed by atoms with Crippen molar-refractivity contribution in [2.75, 3.05) is 13.2 Å². The molecular formula is C70H124O6. The van der Waals surface area contributed by atoms with E-state index in [1.165, 1.54) is 205 Å². The Morgan fingerprint density at radius 3 is 0.829 bits per heavy atom. The van der Waals surface area contributed by atoms with Crippen molar-refractivity contribution in [2.45, 2.75) is 341 Å². The van der Waals surface area contributed by atoms with E-state index in [4.69, 9.17) is 14.2 Å². The minimum absolute atomic E-state index is 0.0724. The summed E-state index contributed by atoms with van der Waals surface area (Å²) in [5.74, 6) is -0.864. The van der Waals surface area contributed by atoms with Crippen molar-refractivity contribution < 1.29 is 28.6 Å². The Kier molecular flexibility index (Phi) is 61.7. The third-order valence-corrected chi connectivity index (χ3v) is 14.4. The molecule has 0 heterocycles. The standard InChI is InChI=1S/C70H124O6/c1-4-7-10-13-16-19-21-23-25-27-29-30-31-32-33-34-35-36-37-38-39-40-42-43-45-47-49-51-54-57-60-63-69(72)75-66-67(65-74-68(71)62-59-56-53-18-15-12-9-6-3)76-70(73)64-61-58-55-52-50-48-46-44-41-28-26-24-22-20-17-14-11-8-5-2/h7,10,16-17,19-20,23-26,29-30,67H,4-6,8-9,11-15,18,21-22,27-28,31-66H2,1-3H3/b10-7-,19-16-,20-17-,25-23-,26-24-,30-29-. The fourth-order valence-electron chi connectivity index (χ4n) is 9.53. The molecule has 0 bridgehead atoms. The predicted octanol–water partition coefficient (Wildman–Crippen LogP) is 22.5. The summed E-state index contributed by atoms with van der Waals surface area (Å²) in [5.41, 5.74) is 0. The number of unbranched alkanes of at least 4 members (excludes halogenated alkanes) is 37. The molecule has 0 N–H and O–H groups in total. The fraction of sp³-hybridized carbons (Fsp3) is 0.786. The molecule has 0 amide bonds. The second kappa shape index (κ2) is 64.4. The van der Waals surface area contributed by atoms with Crippen LogP contribution >= 0.6 is 0 Å². The van der Waals surface area contributed by atoms with E-state index in [2.05, 4.69) is 93.7 Å². The first-order valence-corrected chi connectivity index (χ1v) is 32.9. The molecule has 1 atom stereocenters. The average molecular weight is 1060 g/mol. The zero-order chi connectivity index (χ0) is 55.0. The van der Waals surface area contributed by atoms with Gasteiger partial charge in [0.25, 0.3) is 0 Å². The largest absolute Gasteiger partial charge is 0.462 e. The summed E-state index contributed by atoms with van der Waals surface area (Å²) in [7, 11) is 0. The number of esters is 3. The van der Waals surface area contributed by atoms with Crippen LogP contribution in [0.3, 0.4) is 0 Å². The van der Waals surface area contributed by atoms with Gasteiger partial charge in [-0.15, -0.1) is 0 Å². The lowest BCUT2D eigenvalue weighted by Gasteiger charge is -2.18. The minimum Gasteiger partial charge on any atom is -0.462 e. The van der Waals surface area contributed by atoms with Crippen LogP contribution in [0.5, 0.6) is 0 Å². The lowest BCUT2D eigenvalue weighted by molar-refractivity contribution is -0.167. The van der Waals surface area contributed by atoms with Crippen molar-refractivity contribution >= 4 is 17.9 Å². The van der Waals surface area contributed by atoms with E-state index in [0.717, 1.165) is 89.9 Å². The third kappa shape index (κ3) is 61.7. The Morgan fingerprint density at radius 1 is 0.276 bits per heavy atom. The van der Waals surface area contributed by atoms with Crippen molar-refractivity contribution in [3.63, 3.8) is 0 Å². The SMILES string of the molecule is CC/C=C\C/C=C\C/C=C\C/C=C\CCCCCCCCCCCCCCCCCCCCC(=O)OCC(COC(=O)CCCCCCCCCC)OC(=O)CCCCCCCCCCC/C=C\C/C=C\CCCCC. The maximum atomic E-state index is 12.9. The highest BCUT2D eigenvalue weighted by molar-refractivity contribution is 5.71. The van der Waals surface area contributed by atoms with Crippen LogP contribution < -0.4 is 0 Å². The molecule has 6 heteroatoms. The lowest BCUT2D eigenvalue weighted by Crippen LogP contribution is -2.30. The van der Waals surface area contributed by atoms with Gasteiger partial charge in [0.05, 0.1) is 0 Å². The molecule has 0 aliphatic heterocycles. The average Bonchev–Trinajstić information content (AvgIpc) is 3.42. The van der Waals surface area contributed by atoms with Crippen LogP contribution in [0.2, 0.25) is 0 Å². The summed E-state index contributed by atoms with van der Waals surface area (Å²) < 4.78 is 16.9. The van der Waals surface area contributed by atoms with Gasteiger partial charge < -0.3 is 14.2 Å². The summed E-state index contributed by atoms with van der Waals surface area (Å²) in [6.07, 6.45) is 83.7. The van der Waals surface area contributed by atoms with E-state index in [0.29, 0.717) is 19.3 Å². The maximum absolute atomic E-state index is 12.9. The highest BCUT2D eigenvalue weighted by Gasteiger charge is 2.19. The van der Waals surface area contributed by atoms with Gasteiger partial charge in [0, 0.05) is 19.3 Å². The first kappa shape index (κ1) is 72.8. The Balaban J connectivity index is 4.07. The topological polar surface area (TPSA) is 78.9 Å². The van der Waals surface area contributed by atoms with Crippen LogP contribution in [0.1, 0.15) is 335 Å². The summed E-state index contributed by atoms with van der Waals surface area (Å²) in [5, 5.41) is 0. The lowest BCUT2D eigenvalue weighted by atomic mass is 10.0. The number of rotatable bonds is 60. The monoisotopic (exact) mass is 1060 g/mol. The quantitative estimate of drug-likeness (QED) is 0.0261. The summed E-state index contributed by atoms with van der Waals surface area (Å²) in [6, 6.07) is 0. The maximum Gasteiger partial charge on any atom is 0.306 e. The number of hydrogen-bond donors (Lipinski definition) is 0. The van der Waals surface area contributed by atoms with Gasteiger partial charge >= 0.3 is 17.9 Å². The van der Waals surface area contributed by atoms with E-state index in [9.17, 15) is 14.4 Å². The van der Waals surface area contributed by atoms with Gasteiger partial charge in [-0.1, -0.05) is 299 Å². The smallest absolute Gasteiger partial charge is 0.306 e. The molecule has 0 aromatic rings. The zero-order valence-electron chi connectivity index (χ0n) is 50.5. The zero-order valence-corrected chi connectivity index (χ0v) is 50.5. The van der Waals surface area contributed by atoms with Crippen molar-refractivity contribution in [1.82, 2.24) is 0 Å². The van der Waals surface area contributed by atoms with Crippen LogP contribution in [0.25, 0.3) is 0 Å². The predicted molar refractivity (Wildman–Crippen MR) is 330 cm³/mol. The second-order valence-electron chi connectivity index (χ2n) is 22.0. The number of ether oxygens (including phenoxy) is 3. The molecule has 0 aliphatic carbocycles. The van der Waals surface area contributed by atoms with Gasteiger partial charge in [0.2, 0.25) is 0 Å². The van der Waals surface area contributed by atoms with Crippen LogP contribution in [-0.4, -0.2) is 37.2 Å². The van der Waals surface area contributed by atoms with Crippen LogP contribution in [0.15, 0.2) is 72.9 Å². The van der Waals surface area contributed by atoms with Gasteiger partial charge in [-0.25, -0.2) is 0 Å². The molecule has 0 rings (SSSR count).